The van der Waals surface area contributed by atoms with E-state index in [2.05, 4.69) is 15.6 Å². The van der Waals surface area contributed by atoms with E-state index in [1.165, 1.54) is 0 Å². The summed E-state index contributed by atoms with van der Waals surface area (Å²) in [6.45, 7) is 2.43. The Morgan fingerprint density at radius 1 is 1.17 bits per heavy atom. The third-order valence-electron chi connectivity index (χ3n) is 3.36. The molecule has 0 aliphatic heterocycles. The van der Waals surface area contributed by atoms with Crippen LogP contribution in [0, 0.1) is 0 Å². The number of nitrogens with one attached hydrogen (secondary N) is 2. The Labute approximate surface area is 141 Å². The van der Waals surface area contributed by atoms with Gasteiger partial charge in [-0.1, -0.05) is 36.4 Å². The zero-order chi connectivity index (χ0) is 17.2. The fourth-order valence-corrected chi connectivity index (χ4v) is 2.22. The maximum atomic E-state index is 12.1. The van der Waals surface area contributed by atoms with Crippen LogP contribution >= 0.6 is 0 Å². The van der Waals surface area contributed by atoms with E-state index in [9.17, 15) is 9.59 Å². The molecule has 2 rings (SSSR count). The number of esters is 1. The molecular weight excluding hydrogens is 306 g/mol. The van der Waals surface area contributed by atoms with Crippen LogP contribution in [-0.2, 0) is 16.1 Å². The average Bonchev–Trinajstić information content (AvgIpc) is 2.61. The van der Waals surface area contributed by atoms with Gasteiger partial charge < -0.3 is 15.4 Å². The van der Waals surface area contributed by atoms with Crippen LogP contribution in [0.5, 0.6) is 0 Å². The lowest BCUT2D eigenvalue weighted by Gasteiger charge is -2.19. The van der Waals surface area contributed by atoms with Gasteiger partial charge in [0.15, 0.2) is 0 Å². The summed E-state index contributed by atoms with van der Waals surface area (Å²) in [6, 6.07) is 12.2. The van der Waals surface area contributed by atoms with Crippen LogP contribution < -0.4 is 10.6 Å². The van der Waals surface area contributed by atoms with E-state index in [0.717, 1.165) is 11.1 Å². The number of urea groups is 1. The summed E-state index contributed by atoms with van der Waals surface area (Å²) >= 11 is 0. The summed E-state index contributed by atoms with van der Waals surface area (Å²) in [6.07, 6.45) is 3.44. The van der Waals surface area contributed by atoms with Gasteiger partial charge in [0.2, 0.25) is 0 Å². The molecule has 6 heteroatoms. The predicted octanol–water partition coefficient (Wildman–Crippen LogP) is 2.58. The maximum Gasteiger partial charge on any atom is 0.315 e. The summed E-state index contributed by atoms with van der Waals surface area (Å²) in [4.78, 5) is 27.9. The van der Waals surface area contributed by atoms with Gasteiger partial charge in [0, 0.05) is 18.9 Å². The van der Waals surface area contributed by atoms with E-state index in [4.69, 9.17) is 4.74 Å². The van der Waals surface area contributed by atoms with Crippen molar-refractivity contribution in [1.29, 1.82) is 0 Å². The topological polar surface area (TPSA) is 80.3 Å². The van der Waals surface area contributed by atoms with E-state index >= 15 is 0 Å². The summed E-state index contributed by atoms with van der Waals surface area (Å²) in [5.74, 6) is -0.348. The first-order valence-electron chi connectivity index (χ1n) is 7.83. The molecule has 126 valence electrons. The van der Waals surface area contributed by atoms with Crippen molar-refractivity contribution in [2.75, 3.05) is 6.61 Å². The number of rotatable bonds is 7. The molecule has 0 spiro atoms. The van der Waals surface area contributed by atoms with Gasteiger partial charge in [-0.05, 0) is 24.1 Å². The molecule has 24 heavy (non-hydrogen) atoms. The minimum Gasteiger partial charge on any atom is -0.466 e. The number of pyridine rings is 1. The number of nitrogens with zero attached hydrogens (tertiary/aromatic N) is 1. The number of benzene rings is 1. The van der Waals surface area contributed by atoms with Crippen molar-refractivity contribution < 1.29 is 14.3 Å². The Morgan fingerprint density at radius 3 is 2.62 bits per heavy atom. The highest BCUT2D eigenvalue weighted by atomic mass is 16.5. The van der Waals surface area contributed by atoms with Crippen LogP contribution in [0.1, 0.15) is 30.5 Å². The second kappa shape index (κ2) is 9.29. The van der Waals surface area contributed by atoms with E-state index in [1.807, 2.05) is 42.5 Å². The van der Waals surface area contributed by atoms with Crippen molar-refractivity contribution in [2.45, 2.75) is 25.9 Å². The molecular formula is C18H21N3O3. The number of carbonyl (C=O) groups excluding carboxylic acids is 2. The molecule has 2 N–H and O–H groups in total. The highest BCUT2D eigenvalue weighted by Crippen LogP contribution is 2.17. The van der Waals surface area contributed by atoms with Gasteiger partial charge >= 0.3 is 12.0 Å². The Hall–Kier alpha value is -2.89. The van der Waals surface area contributed by atoms with Crippen molar-refractivity contribution in [1.82, 2.24) is 15.6 Å². The van der Waals surface area contributed by atoms with E-state index in [0.29, 0.717) is 13.2 Å². The number of ether oxygens (including phenoxy) is 1. The summed E-state index contributed by atoms with van der Waals surface area (Å²) in [5, 5.41) is 5.58. The Balaban J connectivity index is 1.96. The Morgan fingerprint density at radius 2 is 1.96 bits per heavy atom. The van der Waals surface area contributed by atoms with E-state index in [1.54, 1.807) is 19.3 Å². The third kappa shape index (κ3) is 5.72. The van der Waals surface area contributed by atoms with Gasteiger partial charge in [-0.25, -0.2) is 4.79 Å². The molecule has 1 aromatic heterocycles. The Bertz CT molecular complexity index is 647. The van der Waals surface area contributed by atoms with Crippen molar-refractivity contribution >= 4 is 12.0 Å². The van der Waals surface area contributed by atoms with Crippen molar-refractivity contribution in [2.24, 2.45) is 0 Å². The van der Waals surface area contributed by atoms with Crippen LogP contribution in [0.2, 0.25) is 0 Å². The minimum atomic E-state index is -0.445. The molecule has 0 aliphatic rings. The molecule has 1 heterocycles. The summed E-state index contributed by atoms with van der Waals surface area (Å²) < 4.78 is 4.99. The van der Waals surface area contributed by atoms with Crippen LogP contribution in [0.3, 0.4) is 0 Å². The molecule has 6 nitrogen and oxygen atoms in total. The molecule has 0 saturated carbocycles. The van der Waals surface area contributed by atoms with Crippen LogP contribution in [-0.4, -0.2) is 23.6 Å². The average molecular weight is 327 g/mol. The molecule has 2 amide bonds. The fourth-order valence-electron chi connectivity index (χ4n) is 2.22. The summed E-state index contributed by atoms with van der Waals surface area (Å²) in [5.41, 5.74) is 1.75. The summed E-state index contributed by atoms with van der Waals surface area (Å²) in [7, 11) is 0. The zero-order valence-corrected chi connectivity index (χ0v) is 13.6. The SMILES string of the molecule is CCOC(=O)C[C@H](NC(=O)NCc1cccnc1)c1ccccc1. The molecule has 0 radical (unpaired) electrons. The van der Waals surface area contributed by atoms with Gasteiger partial charge in [-0.3, -0.25) is 9.78 Å². The first-order chi connectivity index (χ1) is 11.7. The molecule has 1 aromatic carbocycles. The number of aromatic nitrogens is 1. The van der Waals surface area contributed by atoms with Crippen molar-refractivity contribution in [3.8, 4) is 0 Å². The molecule has 0 fully saturated rings. The van der Waals surface area contributed by atoms with Crippen LogP contribution in [0.15, 0.2) is 54.9 Å². The van der Waals surface area contributed by atoms with Gasteiger partial charge in [-0.15, -0.1) is 0 Å². The highest BCUT2D eigenvalue weighted by Gasteiger charge is 2.19. The smallest absolute Gasteiger partial charge is 0.315 e. The number of carbonyl (C=O) groups is 2. The van der Waals surface area contributed by atoms with Gasteiger partial charge in [0.05, 0.1) is 19.1 Å². The van der Waals surface area contributed by atoms with Crippen LogP contribution in [0.25, 0.3) is 0 Å². The first-order valence-corrected chi connectivity index (χ1v) is 7.83. The number of amides is 2. The van der Waals surface area contributed by atoms with Gasteiger partial charge in [-0.2, -0.15) is 0 Å². The normalized spacial score (nSPS) is 11.4. The predicted molar refractivity (Wildman–Crippen MR) is 90.0 cm³/mol. The highest BCUT2D eigenvalue weighted by molar-refractivity contribution is 5.76. The molecule has 2 aromatic rings. The quantitative estimate of drug-likeness (QED) is 0.766. The second-order valence-corrected chi connectivity index (χ2v) is 5.16. The first kappa shape index (κ1) is 17.5. The molecule has 0 bridgehead atoms. The second-order valence-electron chi connectivity index (χ2n) is 5.16. The van der Waals surface area contributed by atoms with Crippen LogP contribution in [0.4, 0.5) is 4.79 Å². The van der Waals surface area contributed by atoms with Gasteiger partial charge in [0.25, 0.3) is 0 Å². The number of hydrogen-bond donors (Lipinski definition) is 2. The zero-order valence-electron chi connectivity index (χ0n) is 13.6. The van der Waals surface area contributed by atoms with E-state index < -0.39 is 6.04 Å². The van der Waals surface area contributed by atoms with Crippen molar-refractivity contribution in [3.05, 3.63) is 66.0 Å². The molecule has 0 saturated heterocycles. The van der Waals surface area contributed by atoms with Gasteiger partial charge in [0.1, 0.15) is 0 Å². The molecule has 1 atom stereocenters. The third-order valence-corrected chi connectivity index (χ3v) is 3.36. The largest absolute Gasteiger partial charge is 0.466 e. The number of hydrogen-bond acceptors (Lipinski definition) is 4. The standard InChI is InChI=1S/C18H21N3O3/c1-2-24-17(22)11-16(15-8-4-3-5-9-15)21-18(23)20-13-14-7-6-10-19-12-14/h3-10,12,16H,2,11,13H2,1H3,(H2,20,21,23)/t16-/m0/s1. The van der Waals surface area contributed by atoms with E-state index in [-0.39, 0.29) is 18.4 Å². The Kier molecular flexibility index (Phi) is 6.76. The monoisotopic (exact) mass is 327 g/mol. The lowest BCUT2D eigenvalue weighted by molar-refractivity contribution is -0.143. The molecule has 0 unspecified atom stereocenters. The minimum absolute atomic E-state index is 0.0815. The lowest BCUT2D eigenvalue weighted by Crippen LogP contribution is -2.38. The molecule has 0 aliphatic carbocycles. The van der Waals surface area contributed by atoms with Crippen molar-refractivity contribution in [3.63, 3.8) is 0 Å². The maximum absolute atomic E-state index is 12.1. The fraction of sp³-hybridized carbons (Fsp3) is 0.278. The lowest BCUT2D eigenvalue weighted by atomic mass is 10.0.